The smallest absolute Gasteiger partial charge is 0.185 e. The minimum Gasteiger partial charge on any atom is -0.345 e. The lowest BCUT2D eigenvalue weighted by molar-refractivity contribution is 0.666. The van der Waals surface area contributed by atoms with Crippen LogP contribution in [0.15, 0.2) is 29.8 Å². The quantitative estimate of drug-likeness (QED) is 0.789. The van der Waals surface area contributed by atoms with Crippen LogP contribution < -0.4 is 10.2 Å². The first-order chi connectivity index (χ1) is 9.29. The van der Waals surface area contributed by atoms with Gasteiger partial charge in [0.2, 0.25) is 0 Å². The Morgan fingerprint density at radius 1 is 1.32 bits per heavy atom. The molecule has 0 unspecified atom stereocenters. The van der Waals surface area contributed by atoms with Gasteiger partial charge in [0.15, 0.2) is 5.13 Å². The molecule has 2 aromatic heterocycles. The molecule has 2 rings (SSSR count). The lowest BCUT2D eigenvalue weighted by atomic mass is 10.3. The van der Waals surface area contributed by atoms with Crippen LogP contribution in [0, 0.1) is 0 Å². The summed E-state index contributed by atoms with van der Waals surface area (Å²) in [4.78, 5) is 11.1. The molecule has 0 atom stereocenters. The van der Waals surface area contributed by atoms with Crippen LogP contribution in [0.2, 0.25) is 0 Å². The van der Waals surface area contributed by atoms with Gasteiger partial charge in [-0.05, 0) is 25.1 Å². The van der Waals surface area contributed by atoms with Crippen molar-refractivity contribution in [3.05, 3.63) is 41.2 Å². The summed E-state index contributed by atoms with van der Waals surface area (Å²) in [7, 11) is 2.05. The van der Waals surface area contributed by atoms with Gasteiger partial charge < -0.3 is 10.2 Å². The molecule has 0 radical (unpaired) electrons. The van der Waals surface area contributed by atoms with E-state index in [0.717, 1.165) is 42.6 Å². The van der Waals surface area contributed by atoms with Crippen LogP contribution in [-0.2, 0) is 13.1 Å². The van der Waals surface area contributed by atoms with Crippen molar-refractivity contribution in [1.29, 1.82) is 0 Å². The maximum absolute atomic E-state index is 4.63. The molecule has 0 aliphatic heterocycles. The van der Waals surface area contributed by atoms with E-state index in [1.807, 2.05) is 24.4 Å². The highest BCUT2D eigenvalue weighted by molar-refractivity contribution is 7.13. The predicted molar refractivity (Wildman–Crippen MR) is 80.5 cm³/mol. The molecule has 0 aliphatic rings. The fraction of sp³-hybridized carbons (Fsp3) is 0.429. The minimum atomic E-state index is 0.788. The van der Waals surface area contributed by atoms with Gasteiger partial charge in [0, 0.05) is 25.2 Å². The van der Waals surface area contributed by atoms with Gasteiger partial charge in [-0.2, -0.15) is 0 Å². The van der Waals surface area contributed by atoms with Gasteiger partial charge in [0.05, 0.1) is 17.9 Å². The molecule has 0 saturated heterocycles. The van der Waals surface area contributed by atoms with E-state index >= 15 is 0 Å². The molecular formula is C14H20N4S. The summed E-state index contributed by atoms with van der Waals surface area (Å²) in [6.45, 7) is 4.84. The van der Waals surface area contributed by atoms with Gasteiger partial charge in [-0.1, -0.05) is 13.0 Å². The molecule has 0 fully saturated rings. The zero-order valence-corrected chi connectivity index (χ0v) is 12.3. The lowest BCUT2D eigenvalue weighted by Crippen LogP contribution is -2.17. The highest BCUT2D eigenvalue weighted by atomic mass is 32.1. The second kappa shape index (κ2) is 7.21. The summed E-state index contributed by atoms with van der Waals surface area (Å²) in [5.74, 6) is 0. The molecule has 0 aromatic carbocycles. The van der Waals surface area contributed by atoms with Gasteiger partial charge in [-0.25, -0.2) is 4.98 Å². The molecule has 5 heteroatoms. The number of nitrogens with zero attached hydrogens (tertiary/aromatic N) is 3. The number of thiazole rings is 1. The van der Waals surface area contributed by atoms with Crippen molar-refractivity contribution >= 4 is 16.5 Å². The van der Waals surface area contributed by atoms with Crippen LogP contribution >= 0.6 is 11.3 Å². The summed E-state index contributed by atoms with van der Waals surface area (Å²) in [5.41, 5.74) is 2.17. The zero-order valence-electron chi connectivity index (χ0n) is 11.5. The van der Waals surface area contributed by atoms with Crippen LogP contribution in [0.5, 0.6) is 0 Å². The highest BCUT2D eigenvalue weighted by Crippen LogP contribution is 2.20. The normalized spacial score (nSPS) is 10.6. The number of pyridine rings is 1. The molecule has 2 aromatic rings. The molecular weight excluding hydrogens is 256 g/mol. The first kappa shape index (κ1) is 14.0. The van der Waals surface area contributed by atoms with E-state index in [1.54, 1.807) is 11.3 Å². The molecule has 102 valence electrons. The van der Waals surface area contributed by atoms with E-state index in [4.69, 9.17) is 0 Å². The maximum Gasteiger partial charge on any atom is 0.185 e. The fourth-order valence-electron chi connectivity index (χ4n) is 1.75. The minimum absolute atomic E-state index is 0.788. The molecule has 0 aliphatic carbocycles. The van der Waals surface area contributed by atoms with E-state index in [0.29, 0.717) is 0 Å². The number of hydrogen-bond donors (Lipinski definition) is 1. The largest absolute Gasteiger partial charge is 0.345 e. The van der Waals surface area contributed by atoms with Crippen LogP contribution in [0.3, 0.4) is 0 Å². The number of aromatic nitrogens is 2. The predicted octanol–water partition coefficient (Wildman–Crippen LogP) is 2.67. The Bertz CT molecular complexity index is 483. The van der Waals surface area contributed by atoms with Crippen molar-refractivity contribution < 1.29 is 0 Å². The van der Waals surface area contributed by atoms with Crippen LogP contribution in [0.1, 0.15) is 24.7 Å². The van der Waals surface area contributed by atoms with E-state index in [1.165, 1.54) is 0 Å². The Labute approximate surface area is 118 Å². The van der Waals surface area contributed by atoms with Crippen LogP contribution in [0.4, 0.5) is 5.13 Å². The summed E-state index contributed by atoms with van der Waals surface area (Å²) < 4.78 is 0. The SMILES string of the molecule is CCCNCc1csc(N(C)Cc2ccccn2)n1. The van der Waals surface area contributed by atoms with Crippen molar-refractivity contribution in [2.75, 3.05) is 18.5 Å². The summed E-state index contributed by atoms with van der Waals surface area (Å²) in [5, 5.41) is 6.53. The topological polar surface area (TPSA) is 41.0 Å². The van der Waals surface area contributed by atoms with Crippen molar-refractivity contribution in [2.45, 2.75) is 26.4 Å². The van der Waals surface area contributed by atoms with Crippen molar-refractivity contribution in [1.82, 2.24) is 15.3 Å². The molecule has 0 bridgehead atoms. The Hall–Kier alpha value is -1.46. The molecule has 19 heavy (non-hydrogen) atoms. The summed E-state index contributed by atoms with van der Waals surface area (Å²) in [6.07, 6.45) is 2.97. The highest BCUT2D eigenvalue weighted by Gasteiger charge is 2.07. The molecule has 0 saturated carbocycles. The van der Waals surface area contributed by atoms with Gasteiger partial charge in [-0.15, -0.1) is 11.3 Å². The Morgan fingerprint density at radius 3 is 2.95 bits per heavy atom. The third-order valence-corrected chi connectivity index (χ3v) is 3.73. The average molecular weight is 276 g/mol. The van der Waals surface area contributed by atoms with Crippen molar-refractivity contribution in [2.24, 2.45) is 0 Å². The van der Waals surface area contributed by atoms with Gasteiger partial charge in [0.1, 0.15) is 0 Å². The molecule has 4 nitrogen and oxygen atoms in total. The second-order valence-electron chi connectivity index (χ2n) is 4.48. The third kappa shape index (κ3) is 4.29. The van der Waals surface area contributed by atoms with Gasteiger partial charge in [0.25, 0.3) is 0 Å². The van der Waals surface area contributed by atoms with E-state index in [9.17, 15) is 0 Å². The standard InChI is InChI=1S/C14H20N4S/c1-3-7-15-9-13-11-19-14(17-13)18(2)10-12-6-4-5-8-16-12/h4-6,8,11,15H,3,7,9-10H2,1-2H3. The van der Waals surface area contributed by atoms with Crippen LogP contribution in [0.25, 0.3) is 0 Å². The summed E-state index contributed by atoms with van der Waals surface area (Å²) in [6, 6.07) is 5.98. The van der Waals surface area contributed by atoms with Gasteiger partial charge >= 0.3 is 0 Å². The number of nitrogens with one attached hydrogen (secondary N) is 1. The molecule has 0 spiro atoms. The number of hydrogen-bond acceptors (Lipinski definition) is 5. The van der Waals surface area contributed by atoms with Gasteiger partial charge in [-0.3, -0.25) is 4.98 Å². The van der Waals surface area contributed by atoms with Crippen molar-refractivity contribution in [3.63, 3.8) is 0 Å². The number of anilines is 1. The van der Waals surface area contributed by atoms with Crippen LogP contribution in [-0.4, -0.2) is 23.6 Å². The Kier molecular flexibility index (Phi) is 5.30. The Balaban J connectivity index is 1.90. The van der Waals surface area contributed by atoms with E-state index in [2.05, 4.69) is 39.5 Å². The second-order valence-corrected chi connectivity index (χ2v) is 5.31. The number of rotatable bonds is 7. The van der Waals surface area contributed by atoms with Crippen molar-refractivity contribution in [3.8, 4) is 0 Å². The van der Waals surface area contributed by atoms with E-state index < -0.39 is 0 Å². The first-order valence-corrected chi connectivity index (χ1v) is 7.43. The lowest BCUT2D eigenvalue weighted by Gasteiger charge is -2.14. The molecule has 0 amide bonds. The molecule has 1 N–H and O–H groups in total. The maximum atomic E-state index is 4.63. The summed E-state index contributed by atoms with van der Waals surface area (Å²) >= 11 is 1.68. The average Bonchev–Trinajstić information content (AvgIpc) is 2.89. The fourth-order valence-corrected chi connectivity index (χ4v) is 2.54. The third-order valence-electron chi connectivity index (χ3n) is 2.72. The molecule has 2 heterocycles. The van der Waals surface area contributed by atoms with E-state index in [-0.39, 0.29) is 0 Å². The Morgan fingerprint density at radius 2 is 2.21 bits per heavy atom. The monoisotopic (exact) mass is 276 g/mol. The first-order valence-electron chi connectivity index (χ1n) is 6.55. The zero-order chi connectivity index (χ0) is 13.5.